The zero-order valence-corrected chi connectivity index (χ0v) is 10.2. The molecular weight excluding hydrogens is 239 g/mol. The maximum absolute atomic E-state index is 5.85. The Bertz CT molecular complexity index is 332. The smallest absolute Gasteiger partial charge is 0.160 e. The maximum Gasteiger partial charge on any atom is 0.160 e. The molecule has 0 spiro atoms. The molecule has 1 rings (SSSR count). The fourth-order valence-electron chi connectivity index (χ4n) is 0.948. The van der Waals surface area contributed by atoms with Crippen molar-refractivity contribution in [2.45, 2.75) is 0 Å². The van der Waals surface area contributed by atoms with Gasteiger partial charge < -0.3 is 5.32 Å². The summed E-state index contributed by atoms with van der Waals surface area (Å²) in [5, 5.41) is 5.14. The molecule has 1 aromatic rings. The number of amidine groups is 1. The zero-order chi connectivity index (χ0) is 10.6. The summed E-state index contributed by atoms with van der Waals surface area (Å²) in [6, 6.07) is 5.29. The number of rotatable bonds is 1. The average molecular weight is 249 g/mol. The number of benzene rings is 1. The van der Waals surface area contributed by atoms with Gasteiger partial charge in [0.25, 0.3) is 0 Å². The van der Waals surface area contributed by atoms with Crippen molar-refractivity contribution in [1.82, 2.24) is 0 Å². The second-order valence-electron chi connectivity index (χ2n) is 2.52. The number of hydrogen-bond acceptors (Lipinski definition) is 2. The normalized spacial score (nSPS) is 11.6. The van der Waals surface area contributed by atoms with Crippen LogP contribution in [0, 0.1) is 0 Å². The van der Waals surface area contributed by atoms with E-state index in [-0.39, 0.29) is 0 Å². The highest BCUT2D eigenvalue weighted by Crippen LogP contribution is 2.23. The van der Waals surface area contributed by atoms with E-state index >= 15 is 0 Å². The third-order valence-corrected chi connectivity index (χ3v) is 2.62. The van der Waals surface area contributed by atoms with Gasteiger partial charge in [-0.1, -0.05) is 35.0 Å². The average Bonchev–Trinajstić information content (AvgIpc) is 2.12. The number of anilines is 1. The Morgan fingerprint density at radius 3 is 2.29 bits per heavy atom. The summed E-state index contributed by atoms with van der Waals surface area (Å²) in [6.07, 6.45) is 1.95. The molecule has 0 bridgehead atoms. The van der Waals surface area contributed by atoms with Crippen molar-refractivity contribution in [3.8, 4) is 0 Å². The molecule has 2 nitrogen and oxygen atoms in total. The van der Waals surface area contributed by atoms with Gasteiger partial charge in [0, 0.05) is 22.8 Å². The predicted octanol–water partition coefficient (Wildman–Crippen LogP) is 3.75. The Kier molecular flexibility index (Phi) is 4.58. The Labute approximate surface area is 97.7 Å². The van der Waals surface area contributed by atoms with Crippen LogP contribution in [0.4, 0.5) is 5.69 Å². The molecule has 0 fully saturated rings. The van der Waals surface area contributed by atoms with Crippen molar-refractivity contribution in [1.29, 1.82) is 0 Å². The van der Waals surface area contributed by atoms with Crippen LogP contribution in [0.3, 0.4) is 0 Å². The van der Waals surface area contributed by atoms with Gasteiger partial charge in [-0.05, 0) is 24.5 Å². The number of hydrogen-bond donors (Lipinski definition) is 1. The van der Waals surface area contributed by atoms with Crippen LogP contribution < -0.4 is 5.32 Å². The molecule has 0 aromatic heterocycles. The third kappa shape index (κ3) is 3.40. The number of aliphatic imine (C=N–C) groups is 1. The molecule has 0 atom stereocenters. The molecule has 76 valence electrons. The molecule has 0 radical (unpaired) electrons. The van der Waals surface area contributed by atoms with Gasteiger partial charge in [-0.15, -0.1) is 0 Å². The van der Waals surface area contributed by atoms with Crippen LogP contribution in [0.5, 0.6) is 0 Å². The molecule has 1 N–H and O–H groups in total. The van der Waals surface area contributed by atoms with E-state index in [2.05, 4.69) is 10.3 Å². The van der Waals surface area contributed by atoms with Crippen LogP contribution in [-0.2, 0) is 0 Å². The van der Waals surface area contributed by atoms with Crippen molar-refractivity contribution >= 4 is 45.8 Å². The first kappa shape index (κ1) is 11.7. The van der Waals surface area contributed by atoms with Crippen LogP contribution in [0.2, 0.25) is 10.0 Å². The molecular formula is C9H10Cl2N2S. The molecule has 0 saturated heterocycles. The van der Waals surface area contributed by atoms with E-state index < -0.39 is 0 Å². The highest BCUT2D eigenvalue weighted by Gasteiger charge is 2.00. The quantitative estimate of drug-likeness (QED) is 0.605. The summed E-state index contributed by atoms with van der Waals surface area (Å²) in [7, 11) is 1.73. The molecule has 0 unspecified atom stereocenters. The molecule has 0 amide bonds. The van der Waals surface area contributed by atoms with Gasteiger partial charge >= 0.3 is 0 Å². The van der Waals surface area contributed by atoms with Gasteiger partial charge in [0.05, 0.1) is 0 Å². The summed E-state index contributed by atoms with van der Waals surface area (Å²) in [4.78, 5) is 4.04. The van der Waals surface area contributed by atoms with Gasteiger partial charge in [-0.25, -0.2) is 0 Å². The summed E-state index contributed by atoms with van der Waals surface area (Å²) in [5.41, 5.74) is 0.845. The van der Waals surface area contributed by atoms with Crippen LogP contribution in [0.15, 0.2) is 23.2 Å². The second-order valence-corrected chi connectivity index (χ2v) is 4.18. The summed E-state index contributed by atoms with van der Waals surface area (Å²) >= 11 is 13.2. The molecule has 14 heavy (non-hydrogen) atoms. The molecule has 0 aliphatic carbocycles. The lowest BCUT2D eigenvalue weighted by atomic mass is 10.3. The molecule has 5 heteroatoms. The Hall–Kier alpha value is -0.380. The first-order valence-electron chi connectivity index (χ1n) is 3.89. The third-order valence-electron chi connectivity index (χ3n) is 1.51. The summed E-state index contributed by atoms with van der Waals surface area (Å²) in [5.74, 6) is 0. The van der Waals surface area contributed by atoms with Crippen molar-refractivity contribution in [2.24, 2.45) is 4.99 Å². The number of thioether (sulfide) groups is 1. The summed E-state index contributed by atoms with van der Waals surface area (Å²) < 4.78 is 0. The Morgan fingerprint density at radius 1 is 1.29 bits per heavy atom. The van der Waals surface area contributed by atoms with E-state index in [1.807, 2.05) is 6.26 Å². The lowest BCUT2D eigenvalue weighted by molar-refractivity contribution is 1.45. The van der Waals surface area contributed by atoms with Crippen LogP contribution >= 0.6 is 35.0 Å². The van der Waals surface area contributed by atoms with Crippen molar-refractivity contribution in [2.75, 3.05) is 18.6 Å². The minimum Gasteiger partial charge on any atom is -0.335 e. The predicted molar refractivity (Wildman–Crippen MR) is 67.0 cm³/mol. The van der Waals surface area contributed by atoms with Crippen molar-refractivity contribution in [3.63, 3.8) is 0 Å². The minimum atomic E-state index is 0.608. The van der Waals surface area contributed by atoms with Crippen molar-refractivity contribution in [3.05, 3.63) is 28.2 Å². The lowest BCUT2D eigenvalue weighted by Gasteiger charge is -2.07. The first-order chi connectivity index (χ1) is 6.65. The number of nitrogens with one attached hydrogen (secondary N) is 1. The zero-order valence-electron chi connectivity index (χ0n) is 7.84. The molecule has 1 aromatic carbocycles. The largest absolute Gasteiger partial charge is 0.335 e. The summed E-state index contributed by atoms with van der Waals surface area (Å²) in [6.45, 7) is 0. The van der Waals surface area contributed by atoms with Gasteiger partial charge in [-0.3, -0.25) is 4.99 Å². The number of nitrogens with zero attached hydrogens (tertiary/aromatic N) is 1. The van der Waals surface area contributed by atoms with Gasteiger partial charge in [-0.2, -0.15) is 0 Å². The van der Waals surface area contributed by atoms with Crippen LogP contribution in [0.1, 0.15) is 0 Å². The SMILES string of the molecule is C/N=C(/Nc1cc(Cl)cc(Cl)c1)SC. The maximum atomic E-state index is 5.85. The van der Waals surface area contributed by atoms with Gasteiger partial charge in [0.15, 0.2) is 5.17 Å². The Morgan fingerprint density at radius 2 is 1.86 bits per heavy atom. The highest BCUT2D eigenvalue weighted by molar-refractivity contribution is 8.13. The molecule has 0 aliphatic heterocycles. The molecule has 0 saturated carbocycles. The van der Waals surface area contributed by atoms with E-state index in [0.29, 0.717) is 10.0 Å². The standard InChI is InChI=1S/C9H10Cl2N2S/c1-12-9(14-2)13-8-4-6(10)3-7(11)5-8/h3-5H,1-2H3,(H,12,13). The highest BCUT2D eigenvalue weighted by atomic mass is 35.5. The van der Waals surface area contributed by atoms with E-state index in [0.717, 1.165) is 10.9 Å². The fourth-order valence-corrected chi connectivity index (χ4v) is 1.88. The minimum absolute atomic E-state index is 0.608. The topological polar surface area (TPSA) is 24.4 Å². The fraction of sp³-hybridized carbons (Fsp3) is 0.222. The van der Waals surface area contributed by atoms with E-state index in [9.17, 15) is 0 Å². The Balaban J connectivity index is 2.86. The van der Waals surface area contributed by atoms with Crippen LogP contribution in [0.25, 0.3) is 0 Å². The molecule has 0 heterocycles. The number of halogens is 2. The van der Waals surface area contributed by atoms with Gasteiger partial charge in [0.1, 0.15) is 0 Å². The van der Waals surface area contributed by atoms with E-state index in [1.165, 1.54) is 11.8 Å². The van der Waals surface area contributed by atoms with Crippen molar-refractivity contribution < 1.29 is 0 Å². The monoisotopic (exact) mass is 248 g/mol. The van der Waals surface area contributed by atoms with Crippen LogP contribution in [-0.4, -0.2) is 18.5 Å². The van der Waals surface area contributed by atoms with E-state index in [1.54, 1.807) is 25.2 Å². The van der Waals surface area contributed by atoms with E-state index in [4.69, 9.17) is 23.2 Å². The second kappa shape index (κ2) is 5.49. The lowest BCUT2D eigenvalue weighted by Crippen LogP contribution is -2.06. The molecule has 0 aliphatic rings. The van der Waals surface area contributed by atoms with Gasteiger partial charge in [0.2, 0.25) is 0 Å². The first-order valence-corrected chi connectivity index (χ1v) is 5.87.